The quantitative estimate of drug-likeness (QED) is 0.570. The Morgan fingerprint density at radius 3 is 2.67 bits per heavy atom. The number of amides is 2. The molecular formula is C25H28F2N4O5. The van der Waals surface area contributed by atoms with Crippen molar-refractivity contribution in [3.8, 4) is 5.75 Å². The van der Waals surface area contributed by atoms with E-state index < -0.39 is 34.6 Å². The van der Waals surface area contributed by atoms with Crippen LogP contribution in [0, 0.1) is 17.6 Å². The van der Waals surface area contributed by atoms with Gasteiger partial charge in [-0.25, -0.2) is 8.78 Å². The molecule has 5 rings (SSSR count). The summed E-state index contributed by atoms with van der Waals surface area (Å²) >= 11 is 0. The number of carbonyl (C=O) groups is 2. The molecule has 1 saturated heterocycles. The molecule has 2 amide bonds. The minimum Gasteiger partial charge on any atom is -0.503 e. The number of aliphatic hydroxyl groups excluding tert-OH is 1. The summed E-state index contributed by atoms with van der Waals surface area (Å²) in [5.41, 5.74) is -1.51. The lowest BCUT2D eigenvalue weighted by Crippen LogP contribution is -2.68. The highest BCUT2D eigenvalue weighted by molar-refractivity contribution is 5.99. The van der Waals surface area contributed by atoms with Crippen LogP contribution in [-0.2, 0) is 13.1 Å². The lowest BCUT2D eigenvalue weighted by molar-refractivity contribution is -0.0773. The monoisotopic (exact) mass is 502 g/mol. The van der Waals surface area contributed by atoms with Gasteiger partial charge in [0, 0.05) is 43.5 Å². The van der Waals surface area contributed by atoms with Gasteiger partial charge in [-0.15, -0.1) is 0 Å². The molecule has 2 aliphatic heterocycles. The molecule has 0 bridgehead atoms. The number of carbonyl (C=O) groups excluding carboxylic acids is 2. The number of aromatic nitrogens is 1. The highest BCUT2D eigenvalue weighted by Gasteiger charge is 2.48. The first kappa shape index (κ1) is 24.4. The smallest absolute Gasteiger partial charge is 0.276 e. The normalized spacial score (nSPS) is 23.6. The van der Waals surface area contributed by atoms with Gasteiger partial charge in [-0.3, -0.25) is 19.3 Å². The summed E-state index contributed by atoms with van der Waals surface area (Å²) in [5, 5.41) is 22.8. The van der Waals surface area contributed by atoms with E-state index in [1.165, 1.54) is 16.8 Å². The number of rotatable bonds is 5. The number of nitrogens with one attached hydrogen (secondary N) is 1. The first-order valence-corrected chi connectivity index (χ1v) is 12.2. The van der Waals surface area contributed by atoms with Gasteiger partial charge >= 0.3 is 0 Å². The summed E-state index contributed by atoms with van der Waals surface area (Å²) in [6.07, 6.45) is 4.73. The fraction of sp³-hybridized carbons (Fsp3) is 0.480. The SMILES string of the molecule is O=C(NCc1ccc(F)cc1F)c1cn2c(c(O)c1=O)C(=O)N1[C@H]3CCCCC3CN(CCO)[C@@H]1C2. The van der Waals surface area contributed by atoms with Gasteiger partial charge in [0.25, 0.3) is 11.8 Å². The third kappa shape index (κ3) is 4.16. The van der Waals surface area contributed by atoms with E-state index in [0.29, 0.717) is 12.6 Å². The van der Waals surface area contributed by atoms with Gasteiger partial charge < -0.3 is 25.0 Å². The number of benzene rings is 1. The molecule has 1 aromatic heterocycles. The van der Waals surface area contributed by atoms with Crippen molar-refractivity contribution in [2.45, 2.75) is 51.0 Å². The van der Waals surface area contributed by atoms with Gasteiger partial charge in [0.1, 0.15) is 23.4 Å². The molecule has 192 valence electrons. The van der Waals surface area contributed by atoms with Crippen LogP contribution in [0.15, 0.2) is 29.2 Å². The number of halogens is 2. The summed E-state index contributed by atoms with van der Waals surface area (Å²) in [7, 11) is 0. The Kier molecular flexibility index (Phi) is 6.52. The topological polar surface area (TPSA) is 115 Å². The van der Waals surface area contributed by atoms with Gasteiger partial charge in [0.05, 0.1) is 13.2 Å². The van der Waals surface area contributed by atoms with Gasteiger partial charge in [0.2, 0.25) is 5.43 Å². The van der Waals surface area contributed by atoms with Crippen molar-refractivity contribution >= 4 is 11.8 Å². The molecule has 1 saturated carbocycles. The number of hydrogen-bond acceptors (Lipinski definition) is 6. The second kappa shape index (κ2) is 9.62. The van der Waals surface area contributed by atoms with E-state index in [9.17, 15) is 33.4 Å². The zero-order valence-electron chi connectivity index (χ0n) is 19.6. The highest BCUT2D eigenvalue weighted by atomic mass is 19.1. The number of nitrogens with zero attached hydrogens (tertiary/aromatic N) is 3. The molecule has 11 heteroatoms. The Balaban J connectivity index is 1.46. The minimum atomic E-state index is -0.991. The Hall–Kier alpha value is -3.31. The van der Waals surface area contributed by atoms with Gasteiger partial charge in [-0.2, -0.15) is 0 Å². The summed E-state index contributed by atoms with van der Waals surface area (Å²) < 4.78 is 28.5. The van der Waals surface area contributed by atoms with Crippen LogP contribution in [0.3, 0.4) is 0 Å². The first-order chi connectivity index (χ1) is 17.3. The Bertz CT molecular complexity index is 1270. The van der Waals surface area contributed by atoms with Gasteiger partial charge in [0.15, 0.2) is 11.4 Å². The maximum atomic E-state index is 13.9. The van der Waals surface area contributed by atoms with E-state index in [1.807, 2.05) is 4.90 Å². The largest absolute Gasteiger partial charge is 0.503 e. The van der Waals surface area contributed by atoms with Crippen molar-refractivity contribution < 1.29 is 28.6 Å². The maximum Gasteiger partial charge on any atom is 0.276 e. The Morgan fingerprint density at radius 1 is 1.14 bits per heavy atom. The zero-order valence-corrected chi connectivity index (χ0v) is 19.6. The molecule has 1 aliphatic carbocycles. The average Bonchev–Trinajstić information content (AvgIpc) is 2.85. The van der Waals surface area contributed by atoms with Crippen molar-refractivity contribution in [2.24, 2.45) is 5.92 Å². The zero-order chi connectivity index (χ0) is 25.6. The van der Waals surface area contributed by atoms with E-state index in [2.05, 4.69) is 5.32 Å². The fourth-order valence-corrected chi connectivity index (χ4v) is 5.86. The van der Waals surface area contributed by atoms with Crippen LogP contribution in [0.1, 0.15) is 52.1 Å². The lowest BCUT2D eigenvalue weighted by Gasteiger charge is -2.55. The molecule has 3 atom stereocenters. The molecule has 1 aromatic carbocycles. The predicted molar refractivity (Wildman–Crippen MR) is 124 cm³/mol. The van der Waals surface area contributed by atoms with E-state index in [0.717, 1.165) is 38.3 Å². The maximum absolute atomic E-state index is 13.9. The van der Waals surface area contributed by atoms with Crippen LogP contribution in [0.5, 0.6) is 5.75 Å². The number of aromatic hydroxyl groups is 1. The molecule has 1 unspecified atom stereocenters. The molecule has 3 aliphatic rings. The Labute approximate surface area is 205 Å². The van der Waals surface area contributed by atoms with Crippen molar-refractivity contribution in [1.29, 1.82) is 0 Å². The molecule has 2 fully saturated rings. The van der Waals surface area contributed by atoms with Gasteiger partial charge in [-0.1, -0.05) is 18.9 Å². The van der Waals surface area contributed by atoms with Crippen LogP contribution in [0.25, 0.3) is 0 Å². The number of fused-ring (bicyclic) bond motifs is 4. The number of pyridine rings is 1. The number of β-amino-alcohol motifs (C(OH)–C–C–N with tert-alkyl or cyclic N) is 1. The third-order valence-electron chi connectivity index (χ3n) is 7.58. The summed E-state index contributed by atoms with van der Waals surface area (Å²) in [6, 6.07) is 2.92. The van der Waals surface area contributed by atoms with Crippen molar-refractivity contribution in [1.82, 2.24) is 19.7 Å². The fourth-order valence-electron chi connectivity index (χ4n) is 5.86. The van der Waals surface area contributed by atoms with Crippen molar-refractivity contribution in [2.75, 3.05) is 19.7 Å². The lowest BCUT2D eigenvalue weighted by atomic mass is 9.80. The molecule has 0 spiro atoms. The highest BCUT2D eigenvalue weighted by Crippen LogP contribution is 2.39. The first-order valence-electron chi connectivity index (χ1n) is 12.2. The molecule has 2 aromatic rings. The van der Waals surface area contributed by atoms with Crippen molar-refractivity contribution in [3.63, 3.8) is 0 Å². The third-order valence-corrected chi connectivity index (χ3v) is 7.58. The van der Waals surface area contributed by atoms with Crippen LogP contribution < -0.4 is 10.7 Å². The van der Waals surface area contributed by atoms with Crippen LogP contribution in [0.2, 0.25) is 0 Å². The van der Waals surface area contributed by atoms with E-state index >= 15 is 0 Å². The molecule has 0 radical (unpaired) electrons. The molecular weight excluding hydrogens is 474 g/mol. The minimum absolute atomic E-state index is 0.0111. The second-order valence-electron chi connectivity index (χ2n) is 9.66. The second-order valence-corrected chi connectivity index (χ2v) is 9.66. The molecule has 9 nitrogen and oxygen atoms in total. The number of hydrogen-bond donors (Lipinski definition) is 3. The van der Waals surface area contributed by atoms with Crippen LogP contribution >= 0.6 is 0 Å². The van der Waals surface area contributed by atoms with E-state index in [-0.39, 0.29) is 54.6 Å². The average molecular weight is 503 g/mol. The van der Waals surface area contributed by atoms with E-state index in [1.54, 1.807) is 4.90 Å². The standard InChI is InChI=1S/C25H28F2N4O5/c26-16-6-5-14(18(27)9-16)10-28-24(35)17-12-30-13-20-29(7-8-32)11-15-3-1-2-4-19(15)31(20)25(36)21(30)23(34)22(17)33/h5-6,9,12,15,19-20,32,34H,1-4,7-8,10-11,13H2,(H,28,35)/t15?,19-,20-/m0/s1. The van der Waals surface area contributed by atoms with Crippen LogP contribution in [0.4, 0.5) is 8.78 Å². The number of aliphatic hydroxyl groups is 1. The predicted octanol–water partition coefficient (Wildman–Crippen LogP) is 1.41. The molecule has 3 heterocycles. The molecule has 36 heavy (non-hydrogen) atoms. The Morgan fingerprint density at radius 2 is 1.92 bits per heavy atom. The summed E-state index contributed by atoms with van der Waals surface area (Å²) in [6.45, 7) is 0.944. The van der Waals surface area contributed by atoms with E-state index in [4.69, 9.17) is 0 Å². The van der Waals surface area contributed by atoms with Crippen LogP contribution in [-0.4, -0.2) is 68.3 Å². The van der Waals surface area contributed by atoms with Gasteiger partial charge in [-0.05, 0) is 24.8 Å². The summed E-state index contributed by atoms with van der Waals surface area (Å²) in [4.78, 5) is 43.1. The summed E-state index contributed by atoms with van der Waals surface area (Å²) in [5.74, 6) is -3.47. The van der Waals surface area contributed by atoms with Crippen molar-refractivity contribution in [3.05, 3.63) is 63.1 Å². The molecule has 3 N–H and O–H groups in total.